The molecule has 0 fully saturated rings. The molecule has 110 valence electrons. The second-order valence-electron chi connectivity index (χ2n) is 4.58. The zero-order chi connectivity index (χ0) is 15.2. The molecule has 0 spiro atoms. The normalized spacial score (nSPS) is 10.4. The molecule has 2 N–H and O–H groups in total. The summed E-state index contributed by atoms with van der Waals surface area (Å²) >= 11 is 0. The van der Waals surface area contributed by atoms with Gasteiger partial charge in [0.05, 0.1) is 12.2 Å². The molecule has 3 nitrogen and oxygen atoms in total. The van der Waals surface area contributed by atoms with Crippen LogP contribution in [0.5, 0.6) is 0 Å². The zero-order valence-electron chi connectivity index (χ0n) is 11.3. The highest BCUT2D eigenvalue weighted by molar-refractivity contribution is 5.94. The summed E-state index contributed by atoms with van der Waals surface area (Å²) in [5, 5.41) is 11.5. The van der Waals surface area contributed by atoms with Gasteiger partial charge in [0.2, 0.25) is 0 Å². The van der Waals surface area contributed by atoms with E-state index in [1.54, 1.807) is 12.1 Å². The Labute approximate surface area is 121 Å². The Morgan fingerprint density at radius 3 is 2.38 bits per heavy atom. The molecule has 0 saturated carbocycles. The van der Waals surface area contributed by atoms with Crippen molar-refractivity contribution in [3.63, 3.8) is 0 Å². The number of hydrogen-bond acceptors (Lipinski definition) is 2. The van der Waals surface area contributed by atoms with E-state index in [2.05, 4.69) is 5.32 Å². The van der Waals surface area contributed by atoms with E-state index in [0.717, 1.165) is 17.2 Å². The average Bonchev–Trinajstić information content (AvgIpc) is 2.50. The predicted molar refractivity (Wildman–Crippen MR) is 74.8 cm³/mol. The van der Waals surface area contributed by atoms with Gasteiger partial charge in [0.25, 0.3) is 5.91 Å². The fourth-order valence-electron chi connectivity index (χ4n) is 1.91. The Hall–Kier alpha value is -2.27. The third-order valence-corrected chi connectivity index (χ3v) is 3.10. The fourth-order valence-corrected chi connectivity index (χ4v) is 1.91. The van der Waals surface area contributed by atoms with E-state index in [-0.39, 0.29) is 12.2 Å². The van der Waals surface area contributed by atoms with Gasteiger partial charge in [-0.25, -0.2) is 8.78 Å². The maximum atomic E-state index is 13.4. The molecule has 0 aliphatic heterocycles. The molecule has 0 atom stereocenters. The topological polar surface area (TPSA) is 49.3 Å². The summed E-state index contributed by atoms with van der Waals surface area (Å²) in [5.74, 6) is -2.82. The Morgan fingerprint density at radius 1 is 1.05 bits per heavy atom. The first-order valence-corrected chi connectivity index (χ1v) is 6.52. The van der Waals surface area contributed by atoms with Gasteiger partial charge >= 0.3 is 0 Å². The quantitative estimate of drug-likeness (QED) is 0.889. The number of benzene rings is 2. The molecule has 2 rings (SSSR count). The van der Waals surface area contributed by atoms with Crippen LogP contribution in [0.2, 0.25) is 0 Å². The van der Waals surface area contributed by atoms with Crippen molar-refractivity contribution in [2.24, 2.45) is 0 Å². The molecule has 0 bridgehead atoms. The van der Waals surface area contributed by atoms with Gasteiger partial charge < -0.3 is 10.4 Å². The highest BCUT2D eigenvalue weighted by Gasteiger charge is 2.14. The Morgan fingerprint density at radius 2 is 1.71 bits per heavy atom. The van der Waals surface area contributed by atoms with E-state index in [4.69, 9.17) is 5.11 Å². The second-order valence-corrected chi connectivity index (χ2v) is 4.58. The molecule has 0 aromatic heterocycles. The number of carbonyl (C=O) groups excluding carboxylic acids is 1. The highest BCUT2D eigenvalue weighted by Crippen LogP contribution is 2.11. The number of halogens is 2. The lowest BCUT2D eigenvalue weighted by Gasteiger charge is -2.07. The van der Waals surface area contributed by atoms with Crippen molar-refractivity contribution < 1.29 is 18.7 Å². The minimum Gasteiger partial charge on any atom is -0.392 e. The predicted octanol–water partition coefficient (Wildman–Crippen LogP) is 2.43. The number of nitrogens with one attached hydrogen (secondary N) is 1. The second kappa shape index (κ2) is 6.95. The van der Waals surface area contributed by atoms with E-state index in [0.29, 0.717) is 13.0 Å². The van der Waals surface area contributed by atoms with Crippen LogP contribution >= 0.6 is 0 Å². The number of aliphatic hydroxyl groups is 1. The number of amides is 1. The lowest BCUT2D eigenvalue weighted by Crippen LogP contribution is -2.26. The van der Waals surface area contributed by atoms with Gasteiger partial charge in [-0.1, -0.05) is 30.3 Å². The first kappa shape index (κ1) is 15.1. The average molecular weight is 291 g/mol. The van der Waals surface area contributed by atoms with Crippen LogP contribution in [-0.2, 0) is 13.0 Å². The molecular formula is C16H15F2NO2. The lowest BCUT2D eigenvalue weighted by molar-refractivity contribution is 0.0949. The van der Waals surface area contributed by atoms with E-state index in [1.165, 1.54) is 12.1 Å². The SMILES string of the molecule is O=C(NCCc1ccc(CO)cc1)c1cccc(F)c1F. The van der Waals surface area contributed by atoms with Crippen LogP contribution in [0, 0.1) is 11.6 Å². The minimum absolute atomic E-state index is 0.0180. The maximum Gasteiger partial charge on any atom is 0.254 e. The first-order valence-electron chi connectivity index (χ1n) is 6.52. The number of hydrogen-bond donors (Lipinski definition) is 2. The Bertz CT molecular complexity index is 627. The van der Waals surface area contributed by atoms with Crippen molar-refractivity contribution in [3.8, 4) is 0 Å². The van der Waals surface area contributed by atoms with Crippen molar-refractivity contribution in [3.05, 3.63) is 70.8 Å². The molecular weight excluding hydrogens is 276 g/mol. The number of aliphatic hydroxyl groups excluding tert-OH is 1. The van der Waals surface area contributed by atoms with Crippen LogP contribution in [0.25, 0.3) is 0 Å². The summed E-state index contributed by atoms with van der Waals surface area (Å²) in [4.78, 5) is 11.8. The highest BCUT2D eigenvalue weighted by atomic mass is 19.2. The molecule has 2 aromatic rings. The zero-order valence-corrected chi connectivity index (χ0v) is 11.3. The van der Waals surface area contributed by atoms with Gasteiger partial charge in [0.1, 0.15) is 0 Å². The van der Waals surface area contributed by atoms with Gasteiger partial charge in [-0.2, -0.15) is 0 Å². The van der Waals surface area contributed by atoms with Gasteiger partial charge in [0.15, 0.2) is 11.6 Å². The van der Waals surface area contributed by atoms with Crippen molar-refractivity contribution in [2.75, 3.05) is 6.54 Å². The summed E-state index contributed by atoms with van der Waals surface area (Å²) in [6, 6.07) is 10.8. The van der Waals surface area contributed by atoms with Crippen molar-refractivity contribution >= 4 is 5.91 Å². The molecule has 1 amide bonds. The number of rotatable bonds is 5. The molecule has 0 radical (unpaired) electrons. The maximum absolute atomic E-state index is 13.4. The van der Waals surface area contributed by atoms with Gasteiger partial charge in [-0.05, 0) is 29.7 Å². The summed E-state index contributed by atoms with van der Waals surface area (Å²) in [7, 11) is 0. The standard InChI is InChI=1S/C16H15F2NO2/c17-14-3-1-2-13(15(14)18)16(21)19-9-8-11-4-6-12(10-20)7-5-11/h1-7,20H,8-10H2,(H,19,21). The minimum atomic E-state index is -1.14. The summed E-state index contributed by atoms with van der Waals surface area (Å²) in [6.07, 6.45) is 0.564. The third kappa shape index (κ3) is 3.86. The van der Waals surface area contributed by atoms with Crippen LogP contribution in [-0.4, -0.2) is 17.6 Å². The summed E-state index contributed by atoms with van der Waals surface area (Å²) in [6.45, 7) is 0.295. The smallest absolute Gasteiger partial charge is 0.254 e. The molecule has 21 heavy (non-hydrogen) atoms. The van der Waals surface area contributed by atoms with Gasteiger partial charge in [-0.3, -0.25) is 4.79 Å². The monoisotopic (exact) mass is 291 g/mol. The van der Waals surface area contributed by atoms with Crippen LogP contribution in [0.1, 0.15) is 21.5 Å². The molecule has 2 aromatic carbocycles. The molecule has 0 aliphatic rings. The lowest BCUT2D eigenvalue weighted by atomic mass is 10.1. The van der Waals surface area contributed by atoms with Gasteiger partial charge in [-0.15, -0.1) is 0 Å². The molecule has 5 heteroatoms. The molecule has 0 unspecified atom stereocenters. The van der Waals surface area contributed by atoms with Crippen LogP contribution in [0.4, 0.5) is 8.78 Å². The molecule has 0 heterocycles. The van der Waals surface area contributed by atoms with E-state index in [1.807, 2.05) is 12.1 Å². The fraction of sp³-hybridized carbons (Fsp3) is 0.188. The Balaban J connectivity index is 1.90. The van der Waals surface area contributed by atoms with Crippen LogP contribution < -0.4 is 5.32 Å². The van der Waals surface area contributed by atoms with E-state index < -0.39 is 17.5 Å². The Kier molecular flexibility index (Phi) is 5.00. The third-order valence-electron chi connectivity index (χ3n) is 3.10. The van der Waals surface area contributed by atoms with Crippen molar-refractivity contribution in [1.82, 2.24) is 5.32 Å². The summed E-state index contributed by atoms with van der Waals surface area (Å²) < 4.78 is 26.4. The number of carbonyl (C=O) groups is 1. The largest absolute Gasteiger partial charge is 0.392 e. The van der Waals surface area contributed by atoms with Crippen LogP contribution in [0.3, 0.4) is 0 Å². The van der Waals surface area contributed by atoms with E-state index >= 15 is 0 Å². The van der Waals surface area contributed by atoms with Crippen LogP contribution in [0.15, 0.2) is 42.5 Å². The van der Waals surface area contributed by atoms with Crippen molar-refractivity contribution in [2.45, 2.75) is 13.0 Å². The molecule has 0 saturated heterocycles. The molecule has 0 aliphatic carbocycles. The van der Waals surface area contributed by atoms with Gasteiger partial charge in [0, 0.05) is 6.54 Å². The summed E-state index contributed by atoms with van der Waals surface area (Å²) in [5.41, 5.74) is 1.49. The van der Waals surface area contributed by atoms with Crippen molar-refractivity contribution in [1.29, 1.82) is 0 Å². The van der Waals surface area contributed by atoms with E-state index in [9.17, 15) is 13.6 Å². The first-order chi connectivity index (χ1) is 10.1.